The Kier molecular flexibility index (Phi) is 8.25. The van der Waals surface area contributed by atoms with E-state index in [1.54, 1.807) is 10.9 Å². The van der Waals surface area contributed by atoms with Gasteiger partial charge in [0.15, 0.2) is 0 Å². The van der Waals surface area contributed by atoms with Gasteiger partial charge in [-0.3, -0.25) is 4.90 Å². The Hall–Kier alpha value is -3.39. The van der Waals surface area contributed by atoms with E-state index >= 15 is 0 Å². The van der Waals surface area contributed by atoms with Gasteiger partial charge in [0.1, 0.15) is 17.2 Å². The molecule has 1 N–H and O–H groups in total. The van der Waals surface area contributed by atoms with Gasteiger partial charge in [0.05, 0.1) is 36.7 Å². The summed E-state index contributed by atoms with van der Waals surface area (Å²) in [5.74, 6) is 2.21. The van der Waals surface area contributed by atoms with E-state index < -0.39 is 6.10 Å². The molecule has 4 aromatic rings. The largest absolute Gasteiger partial charge is 0.468 e. The van der Waals surface area contributed by atoms with Crippen LogP contribution in [0.25, 0.3) is 11.3 Å². The minimum absolute atomic E-state index is 0.240. The van der Waals surface area contributed by atoms with E-state index in [4.69, 9.17) is 19.0 Å². The van der Waals surface area contributed by atoms with Gasteiger partial charge >= 0.3 is 0 Å². The van der Waals surface area contributed by atoms with Gasteiger partial charge < -0.3 is 19.0 Å². The van der Waals surface area contributed by atoms with Gasteiger partial charge in [-0.05, 0) is 45.0 Å². The molecule has 4 rings (SSSR count). The molecule has 2 aromatic heterocycles. The van der Waals surface area contributed by atoms with Crippen molar-refractivity contribution in [1.82, 2.24) is 14.7 Å². The van der Waals surface area contributed by atoms with Gasteiger partial charge in [-0.15, -0.1) is 0 Å². The number of aryl methyl sites for hydroxylation is 1. The lowest BCUT2D eigenvalue weighted by Gasteiger charge is -2.27. The molecule has 2 aromatic carbocycles. The van der Waals surface area contributed by atoms with Crippen molar-refractivity contribution < 1.29 is 19.0 Å². The zero-order valence-corrected chi connectivity index (χ0v) is 21.4. The van der Waals surface area contributed by atoms with Crippen molar-refractivity contribution in [1.29, 1.82) is 0 Å². The van der Waals surface area contributed by atoms with Crippen LogP contribution >= 0.6 is 0 Å². The van der Waals surface area contributed by atoms with Gasteiger partial charge in [0.25, 0.3) is 0 Å². The fourth-order valence-corrected chi connectivity index (χ4v) is 3.98. The van der Waals surface area contributed by atoms with Gasteiger partial charge in [-0.2, -0.15) is 5.10 Å². The number of para-hydroxylation sites is 1. The lowest BCUT2D eigenvalue weighted by atomic mass is 10.1. The van der Waals surface area contributed by atoms with Crippen LogP contribution in [0.15, 0.2) is 83.5 Å². The molecule has 0 amide bonds. The number of hydrogen-bond donors (Lipinski definition) is 1. The third-order valence-corrected chi connectivity index (χ3v) is 5.61. The fraction of sp³-hybridized carbons (Fsp3) is 0.345. The van der Waals surface area contributed by atoms with Crippen molar-refractivity contribution in [3.8, 4) is 22.9 Å². The van der Waals surface area contributed by atoms with Crippen LogP contribution in [0.1, 0.15) is 32.1 Å². The zero-order valence-electron chi connectivity index (χ0n) is 21.4. The molecule has 0 bridgehead atoms. The number of furan rings is 1. The standard InChI is InChI=1S/C29H35N3O4/c1-29(2,3)35-21-23(33)18-32(19-25-16-11-17-34-25)20-26-27(22-12-7-5-8-13-22)30-31(4)28(26)36-24-14-9-6-10-15-24/h5-17,23,33H,18-21H2,1-4H3. The number of nitrogens with zero attached hydrogens (tertiary/aromatic N) is 3. The minimum Gasteiger partial charge on any atom is -0.468 e. The molecule has 0 saturated heterocycles. The normalized spacial score (nSPS) is 12.7. The smallest absolute Gasteiger partial charge is 0.222 e. The Morgan fingerprint density at radius 2 is 1.67 bits per heavy atom. The molecule has 0 fully saturated rings. The Balaban J connectivity index is 1.67. The maximum Gasteiger partial charge on any atom is 0.222 e. The average molecular weight is 490 g/mol. The molecule has 2 heterocycles. The third kappa shape index (κ3) is 7.07. The van der Waals surface area contributed by atoms with Crippen molar-refractivity contribution in [2.45, 2.75) is 45.6 Å². The lowest BCUT2D eigenvalue weighted by molar-refractivity contribution is -0.0576. The van der Waals surface area contributed by atoms with Gasteiger partial charge in [0.2, 0.25) is 5.88 Å². The monoisotopic (exact) mass is 489 g/mol. The van der Waals surface area contributed by atoms with Crippen LogP contribution in [-0.2, 0) is 24.9 Å². The first-order valence-electron chi connectivity index (χ1n) is 12.2. The van der Waals surface area contributed by atoms with E-state index in [9.17, 15) is 5.11 Å². The van der Waals surface area contributed by atoms with Crippen LogP contribution in [0.2, 0.25) is 0 Å². The SMILES string of the molecule is Cn1nc(-c2ccccc2)c(CN(Cc2ccco2)CC(O)COC(C)(C)C)c1Oc1ccccc1. The highest BCUT2D eigenvalue weighted by molar-refractivity contribution is 5.65. The third-order valence-electron chi connectivity index (χ3n) is 5.61. The predicted molar refractivity (Wildman–Crippen MR) is 140 cm³/mol. The van der Waals surface area contributed by atoms with Crippen LogP contribution in [-0.4, -0.2) is 44.6 Å². The molecule has 0 saturated carbocycles. The van der Waals surface area contributed by atoms with E-state index in [0.29, 0.717) is 25.5 Å². The summed E-state index contributed by atoms with van der Waals surface area (Å²) in [6, 6.07) is 23.6. The van der Waals surface area contributed by atoms with Crippen LogP contribution < -0.4 is 4.74 Å². The molecule has 1 unspecified atom stereocenters. The Bertz CT molecular complexity index is 1200. The first kappa shape index (κ1) is 25.7. The molecule has 0 aliphatic rings. The predicted octanol–water partition coefficient (Wildman–Crippen LogP) is 5.65. The highest BCUT2D eigenvalue weighted by Crippen LogP contribution is 2.34. The van der Waals surface area contributed by atoms with E-state index in [0.717, 1.165) is 28.3 Å². The summed E-state index contributed by atoms with van der Waals surface area (Å²) in [7, 11) is 1.89. The van der Waals surface area contributed by atoms with Crippen molar-refractivity contribution >= 4 is 0 Å². The number of aliphatic hydroxyl groups excluding tert-OH is 1. The van der Waals surface area contributed by atoms with Crippen molar-refractivity contribution in [3.05, 3.63) is 90.4 Å². The second-order valence-corrected chi connectivity index (χ2v) is 9.86. The molecule has 36 heavy (non-hydrogen) atoms. The van der Waals surface area contributed by atoms with Crippen LogP contribution in [0.3, 0.4) is 0 Å². The second-order valence-electron chi connectivity index (χ2n) is 9.86. The van der Waals surface area contributed by atoms with Gasteiger partial charge in [0, 0.05) is 25.7 Å². The van der Waals surface area contributed by atoms with Gasteiger partial charge in [-0.25, -0.2) is 4.68 Å². The molecule has 0 aliphatic heterocycles. The summed E-state index contributed by atoms with van der Waals surface area (Å²) < 4.78 is 19.6. The first-order valence-corrected chi connectivity index (χ1v) is 12.2. The molecular formula is C29H35N3O4. The van der Waals surface area contributed by atoms with Crippen molar-refractivity contribution in [3.63, 3.8) is 0 Å². The average Bonchev–Trinajstić information content (AvgIpc) is 3.47. The van der Waals surface area contributed by atoms with E-state index in [2.05, 4.69) is 4.90 Å². The van der Waals surface area contributed by atoms with Crippen molar-refractivity contribution in [2.75, 3.05) is 13.2 Å². The van der Waals surface area contributed by atoms with E-state index in [1.165, 1.54) is 0 Å². The number of rotatable bonds is 11. The van der Waals surface area contributed by atoms with Crippen LogP contribution in [0.4, 0.5) is 0 Å². The number of benzene rings is 2. The maximum absolute atomic E-state index is 10.8. The number of hydrogen-bond acceptors (Lipinski definition) is 6. The highest BCUT2D eigenvalue weighted by atomic mass is 16.5. The molecule has 0 spiro atoms. The number of ether oxygens (including phenoxy) is 2. The lowest BCUT2D eigenvalue weighted by Crippen LogP contribution is -2.36. The molecule has 0 aliphatic carbocycles. The first-order chi connectivity index (χ1) is 17.3. The van der Waals surface area contributed by atoms with E-state index in [1.807, 2.05) is 101 Å². The number of aromatic nitrogens is 2. The van der Waals surface area contributed by atoms with Gasteiger partial charge in [-0.1, -0.05) is 48.5 Å². The van der Waals surface area contributed by atoms with Crippen LogP contribution in [0.5, 0.6) is 11.6 Å². The maximum atomic E-state index is 10.8. The summed E-state index contributed by atoms with van der Waals surface area (Å²) in [5, 5.41) is 15.7. The summed E-state index contributed by atoms with van der Waals surface area (Å²) >= 11 is 0. The molecule has 7 nitrogen and oxygen atoms in total. The molecule has 7 heteroatoms. The quantitative estimate of drug-likeness (QED) is 0.293. The number of aliphatic hydroxyl groups is 1. The summed E-state index contributed by atoms with van der Waals surface area (Å²) in [5.41, 5.74) is 2.45. The summed E-state index contributed by atoms with van der Waals surface area (Å²) in [6.07, 6.45) is 0.991. The van der Waals surface area contributed by atoms with E-state index in [-0.39, 0.29) is 12.2 Å². The summed E-state index contributed by atoms with van der Waals surface area (Å²) in [6.45, 7) is 7.59. The Labute approximate surface area is 212 Å². The van der Waals surface area contributed by atoms with Crippen LogP contribution in [0, 0.1) is 0 Å². The summed E-state index contributed by atoms with van der Waals surface area (Å²) in [4.78, 5) is 2.14. The highest BCUT2D eigenvalue weighted by Gasteiger charge is 2.24. The zero-order chi connectivity index (χ0) is 25.5. The topological polar surface area (TPSA) is 72.9 Å². The second kappa shape index (κ2) is 11.6. The molecule has 1 atom stereocenters. The molecule has 190 valence electrons. The fourth-order valence-electron chi connectivity index (χ4n) is 3.98. The Morgan fingerprint density at radius 1 is 0.972 bits per heavy atom. The Morgan fingerprint density at radius 3 is 2.31 bits per heavy atom. The molecule has 0 radical (unpaired) electrons. The van der Waals surface area contributed by atoms with Crippen molar-refractivity contribution in [2.24, 2.45) is 7.05 Å². The minimum atomic E-state index is -0.672. The molecular weight excluding hydrogens is 454 g/mol.